The highest BCUT2D eigenvalue weighted by Crippen LogP contribution is 2.16. The number of nitrogens with zero attached hydrogens (tertiary/aromatic N) is 4. The first-order valence-corrected chi connectivity index (χ1v) is 11.7. The molecule has 0 saturated carbocycles. The highest BCUT2D eigenvalue weighted by atomic mass is 16.5. The summed E-state index contributed by atoms with van der Waals surface area (Å²) in [6.45, 7) is 6.98. The fraction of sp³-hybridized carbons (Fsp3) is 0.346. The van der Waals surface area contributed by atoms with Gasteiger partial charge in [0.25, 0.3) is 11.5 Å². The summed E-state index contributed by atoms with van der Waals surface area (Å²) in [6.07, 6.45) is 0. The van der Waals surface area contributed by atoms with Gasteiger partial charge >= 0.3 is 0 Å². The minimum Gasteiger partial charge on any atom is -0.492 e. The molecule has 1 fully saturated rings. The lowest BCUT2D eigenvalue weighted by molar-refractivity contribution is 0.0926. The first-order chi connectivity index (χ1) is 16.6. The minimum absolute atomic E-state index is 0.201. The Kier molecular flexibility index (Phi) is 7.93. The van der Waals surface area contributed by atoms with Gasteiger partial charge in [-0.15, -0.1) is 0 Å². The topological polar surface area (TPSA) is 79.7 Å². The van der Waals surface area contributed by atoms with Crippen LogP contribution < -0.4 is 20.5 Å². The van der Waals surface area contributed by atoms with Crippen molar-refractivity contribution in [1.82, 2.24) is 20.0 Å². The van der Waals surface area contributed by atoms with E-state index in [0.717, 1.165) is 31.9 Å². The number of carbonyl (C=O) groups is 1. The molecular formula is C26H31N5O3. The van der Waals surface area contributed by atoms with Crippen molar-refractivity contribution in [3.8, 4) is 5.75 Å². The lowest BCUT2D eigenvalue weighted by atomic mass is 10.2. The molecule has 2 aromatic carbocycles. The van der Waals surface area contributed by atoms with Crippen LogP contribution in [-0.2, 0) is 6.54 Å². The van der Waals surface area contributed by atoms with E-state index in [1.807, 2.05) is 36.4 Å². The summed E-state index contributed by atoms with van der Waals surface area (Å²) < 4.78 is 6.91. The molecule has 178 valence electrons. The lowest BCUT2D eigenvalue weighted by Gasteiger charge is -2.39. The smallest absolute Gasteiger partial charge is 0.271 e. The van der Waals surface area contributed by atoms with Crippen molar-refractivity contribution < 1.29 is 9.53 Å². The molecule has 1 atom stereocenters. The molecule has 1 aliphatic heterocycles. The zero-order chi connectivity index (χ0) is 23.8. The zero-order valence-electron chi connectivity index (χ0n) is 19.5. The van der Waals surface area contributed by atoms with E-state index in [4.69, 9.17) is 4.74 Å². The van der Waals surface area contributed by atoms with Crippen LogP contribution in [0.15, 0.2) is 77.6 Å². The number of nitrogens with one attached hydrogen (secondary N) is 1. The largest absolute Gasteiger partial charge is 0.492 e. The lowest BCUT2D eigenvalue weighted by Crippen LogP contribution is -2.52. The van der Waals surface area contributed by atoms with Crippen LogP contribution in [0.25, 0.3) is 0 Å². The van der Waals surface area contributed by atoms with Crippen LogP contribution in [0.3, 0.4) is 0 Å². The Morgan fingerprint density at radius 2 is 1.65 bits per heavy atom. The van der Waals surface area contributed by atoms with Gasteiger partial charge < -0.3 is 15.0 Å². The van der Waals surface area contributed by atoms with E-state index in [9.17, 15) is 9.59 Å². The first-order valence-electron chi connectivity index (χ1n) is 11.7. The number of piperazine rings is 1. The molecule has 2 heterocycles. The van der Waals surface area contributed by atoms with E-state index in [1.165, 1.54) is 22.5 Å². The number of para-hydroxylation sites is 2. The molecule has 1 unspecified atom stereocenters. The van der Waals surface area contributed by atoms with Crippen LogP contribution in [0.2, 0.25) is 0 Å². The predicted molar refractivity (Wildman–Crippen MR) is 132 cm³/mol. The van der Waals surface area contributed by atoms with Crippen molar-refractivity contribution in [3.05, 3.63) is 88.8 Å². The summed E-state index contributed by atoms with van der Waals surface area (Å²) >= 11 is 0. The molecule has 0 bridgehead atoms. The summed E-state index contributed by atoms with van der Waals surface area (Å²) in [5.74, 6) is 0.440. The molecule has 8 nitrogen and oxygen atoms in total. The highest BCUT2D eigenvalue weighted by molar-refractivity contribution is 5.92. The quantitative estimate of drug-likeness (QED) is 0.527. The maximum Gasteiger partial charge on any atom is 0.271 e. The van der Waals surface area contributed by atoms with Crippen LogP contribution in [0, 0.1) is 0 Å². The molecule has 1 aliphatic rings. The van der Waals surface area contributed by atoms with Gasteiger partial charge in [-0.25, -0.2) is 4.68 Å². The van der Waals surface area contributed by atoms with Crippen molar-refractivity contribution in [2.24, 2.45) is 0 Å². The Bertz CT molecular complexity index is 1110. The molecule has 0 spiro atoms. The number of hydrogen-bond acceptors (Lipinski definition) is 6. The Morgan fingerprint density at radius 1 is 0.971 bits per heavy atom. The summed E-state index contributed by atoms with van der Waals surface area (Å²) in [7, 11) is 0. The van der Waals surface area contributed by atoms with Crippen LogP contribution in [0.5, 0.6) is 5.75 Å². The second kappa shape index (κ2) is 11.5. The molecule has 0 aliphatic carbocycles. The number of rotatable bonds is 9. The molecule has 1 saturated heterocycles. The fourth-order valence-corrected chi connectivity index (χ4v) is 4.02. The van der Waals surface area contributed by atoms with E-state index in [-0.39, 0.29) is 36.4 Å². The predicted octanol–water partition coefficient (Wildman–Crippen LogP) is 2.26. The first kappa shape index (κ1) is 23.5. The number of anilines is 1. The summed E-state index contributed by atoms with van der Waals surface area (Å²) in [5.41, 5.74) is 1.21. The molecule has 34 heavy (non-hydrogen) atoms. The third kappa shape index (κ3) is 6.23. The number of benzene rings is 2. The average Bonchev–Trinajstić information content (AvgIpc) is 2.89. The zero-order valence-corrected chi connectivity index (χ0v) is 19.5. The van der Waals surface area contributed by atoms with Gasteiger partial charge in [0.2, 0.25) is 0 Å². The van der Waals surface area contributed by atoms with Crippen LogP contribution in [-0.4, -0.2) is 66.0 Å². The number of ether oxygens (including phenoxy) is 1. The van der Waals surface area contributed by atoms with Crippen molar-refractivity contribution >= 4 is 11.6 Å². The average molecular weight is 462 g/mol. The molecule has 4 rings (SSSR count). The van der Waals surface area contributed by atoms with Crippen LogP contribution >= 0.6 is 0 Å². The van der Waals surface area contributed by atoms with Crippen molar-refractivity contribution in [1.29, 1.82) is 0 Å². The molecule has 8 heteroatoms. The number of aromatic nitrogens is 2. The molecule has 3 aromatic rings. The van der Waals surface area contributed by atoms with Crippen LogP contribution in [0.1, 0.15) is 17.4 Å². The Morgan fingerprint density at radius 3 is 2.35 bits per heavy atom. The number of hydrogen-bond donors (Lipinski definition) is 1. The van der Waals surface area contributed by atoms with Gasteiger partial charge in [0.15, 0.2) is 0 Å². The number of carbonyl (C=O) groups excluding carboxylic acids is 1. The van der Waals surface area contributed by atoms with Crippen LogP contribution in [0.4, 0.5) is 5.69 Å². The highest BCUT2D eigenvalue weighted by Gasteiger charge is 2.22. The maximum absolute atomic E-state index is 12.7. The van der Waals surface area contributed by atoms with Gasteiger partial charge in [-0.1, -0.05) is 36.4 Å². The van der Waals surface area contributed by atoms with Crippen molar-refractivity contribution in [3.63, 3.8) is 0 Å². The van der Waals surface area contributed by atoms with Gasteiger partial charge in [-0.2, -0.15) is 5.10 Å². The van der Waals surface area contributed by atoms with E-state index in [2.05, 4.69) is 51.4 Å². The Labute approximate surface area is 199 Å². The normalized spacial score (nSPS) is 15.0. The van der Waals surface area contributed by atoms with Gasteiger partial charge in [0, 0.05) is 50.5 Å². The minimum atomic E-state index is -0.285. The van der Waals surface area contributed by atoms with Gasteiger partial charge in [-0.3, -0.25) is 14.5 Å². The van der Waals surface area contributed by atoms with Gasteiger partial charge in [0.05, 0.1) is 6.54 Å². The summed E-state index contributed by atoms with van der Waals surface area (Å²) in [6, 6.07) is 22.9. The Balaban J connectivity index is 1.25. The molecule has 1 amide bonds. The second-order valence-electron chi connectivity index (χ2n) is 8.36. The number of amides is 1. The Hall–Kier alpha value is -3.65. The third-order valence-electron chi connectivity index (χ3n) is 6.03. The summed E-state index contributed by atoms with van der Waals surface area (Å²) in [5, 5.41) is 7.19. The van der Waals surface area contributed by atoms with Gasteiger partial charge in [-0.05, 0) is 37.3 Å². The standard InChI is InChI=1S/C26H31N5O3/c1-21(29-14-16-30(17-15-29)22-8-4-2-5-9-22)20-27-26(33)24-12-13-25(32)31(28-24)18-19-34-23-10-6-3-7-11-23/h2-13,21H,14-20H2,1H3,(H,27,33). The fourth-order valence-electron chi connectivity index (χ4n) is 4.02. The van der Waals surface area contributed by atoms with E-state index in [1.54, 1.807) is 0 Å². The molecule has 1 aromatic heterocycles. The van der Waals surface area contributed by atoms with Crippen molar-refractivity contribution in [2.75, 3.05) is 44.2 Å². The monoisotopic (exact) mass is 461 g/mol. The third-order valence-corrected chi connectivity index (χ3v) is 6.03. The molecule has 0 radical (unpaired) electrons. The van der Waals surface area contributed by atoms with E-state index in [0.29, 0.717) is 6.54 Å². The second-order valence-corrected chi connectivity index (χ2v) is 8.36. The molecular weight excluding hydrogens is 430 g/mol. The maximum atomic E-state index is 12.7. The van der Waals surface area contributed by atoms with E-state index >= 15 is 0 Å². The summed E-state index contributed by atoms with van der Waals surface area (Å²) in [4.78, 5) is 29.6. The molecule has 1 N–H and O–H groups in total. The van der Waals surface area contributed by atoms with E-state index < -0.39 is 0 Å². The van der Waals surface area contributed by atoms with Crippen molar-refractivity contribution in [2.45, 2.75) is 19.5 Å². The SMILES string of the molecule is CC(CNC(=O)c1ccc(=O)n(CCOc2ccccc2)n1)N1CCN(c2ccccc2)CC1. The van der Waals surface area contributed by atoms with Gasteiger partial charge in [0.1, 0.15) is 18.1 Å².